The Hall–Kier alpha value is -1.61. The van der Waals surface area contributed by atoms with Crippen molar-refractivity contribution < 1.29 is 4.79 Å². The summed E-state index contributed by atoms with van der Waals surface area (Å²) < 4.78 is 0. The number of nitrogens with zero attached hydrogens (tertiary/aromatic N) is 2. The molecular weight excluding hydrogens is 416 g/mol. The van der Waals surface area contributed by atoms with Gasteiger partial charge in [0.05, 0.1) is 0 Å². The van der Waals surface area contributed by atoms with Crippen molar-refractivity contribution in [2.24, 2.45) is 0 Å². The number of rotatable bonds is 16. The first-order valence-electron chi connectivity index (χ1n) is 13.9. The number of amides is 1. The molecule has 1 fully saturated rings. The standard InChI is InChI=1S/C31H54N2O/c1-7-8-9-22-32-23-25-33(26-24-32)31(34)21-13-20-30(6)19-12-18-29(5)17-11-16-28(4)15-10-14-27(2)3/h14,16,18,20H,7-13,15,17,19,21-26H2,1-6H3/b28-16+,29-18?,30-20+. The molecule has 1 amide bonds. The highest BCUT2D eigenvalue weighted by Crippen LogP contribution is 2.14. The summed E-state index contributed by atoms with van der Waals surface area (Å²) in [4.78, 5) is 17.1. The molecule has 0 spiro atoms. The zero-order valence-electron chi connectivity index (χ0n) is 23.4. The van der Waals surface area contributed by atoms with Gasteiger partial charge in [0.25, 0.3) is 0 Å². The summed E-state index contributed by atoms with van der Waals surface area (Å²) in [7, 11) is 0. The molecule has 1 aliphatic rings. The van der Waals surface area contributed by atoms with Gasteiger partial charge in [-0.25, -0.2) is 0 Å². The molecule has 194 valence electrons. The van der Waals surface area contributed by atoms with Crippen molar-refractivity contribution in [2.45, 2.75) is 112 Å². The molecule has 3 heteroatoms. The van der Waals surface area contributed by atoms with Gasteiger partial charge in [0.2, 0.25) is 5.91 Å². The summed E-state index contributed by atoms with van der Waals surface area (Å²) in [5.41, 5.74) is 5.82. The Labute approximate surface area is 212 Å². The van der Waals surface area contributed by atoms with Gasteiger partial charge in [0.1, 0.15) is 0 Å². The minimum atomic E-state index is 0.331. The number of piperazine rings is 1. The summed E-state index contributed by atoms with van der Waals surface area (Å²) in [6.07, 6.45) is 21.7. The highest BCUT2D eigenvalue weighted by atomic mass is 16.2. The molecule has 0 N–H and O–H groups in total. The maximum Gasteiger partial charge on any atom is 0.222 e. The van der Waals surface area contributed by atoms with Gasteiger partial charge in [-0.2, -0.15) is 0 Å². The lowest BCUT2D eigenvalue weighted by molar-refractivity contribution is -0.132. The van der Waals surface area contributed by atoms with Crippen LogP contribution < -0.4 is 0 Å². The van der Waals surface area contributed by atoms with E-state index in [4.69, 9.17) is 0 Å². The SMILES string of the molecule is CCCCCN1CCN(C(=O)CC/C=C(\C)CCC=C(C)CC/C=C(\C)CCC=C(C)C)CC1. The molecule has 0 saturated carbocycles. The molecule has 0 aromatic rings. The van der Waals surface area contributed by atoms with Crippen LogP contribution in [-0.2, 0) is 4.79 Å². The minimum absolute atomic E-state index is 0.331. The normalized spacial score (nSPS) is 16.2. The Morgan fingerprint density at radius 3 is 1.59 bits per heavy atom. The van der Waals surface area contributed by atoms with E-state index >= 15 is 0 Å². The summed E-state index contributed by atoms with van der Waals surface area (Å²) in [6, 6.07) is 0. The maximum atomic E-state index is 12.5. The molecule has 1 heterocycles. The quantitative estimate of drug-likeness (QED) is 0.167. The van der Waals surface area contributed by atoms with E-state index in [1.165, 1.54) is 54.5 Å². The third-order valence-electron chi connectivity index (χ3n) is 6.81. The number of carbonyl (C=O) groups excluding carboxylic acids is 1. The zero-order chi connectivity index (χ0) is 25.2. The second-order valence-corrected chi connectivity index (χ2v) is 10.5. The van der Waals surface area contributed by atoms with Crippen LogP contribution in [0.4, 0.5) is 0 Å². The van der Waals surface area contributed by atoms with E-state index in [-0.39, 0.29) is 0 Å². The number of unbranched alkanes of at least 4 members (excludes halogenated alkanes) is 2. The molecule has 1 saturated heterocycles. The number of hydrogen-bond acceptors (Lipinski definition) is 2. The van der Waals surface area contributed by atoms with Gasteiger partial charge in [0.15, 0.2) is 0 Å². The topological polar surface area (TPSA) is 23.6 Å². The molecule has 0 atom stereocenters. The van der Waals surface area contributed by atoms with Gasteiger partial charge in [-0.3, -0.25) is 9.69 Å². The highest BCUT2D eigenvalue weighted by Gasteiger charge is 2.19. The predicted octanol–water partition coefficient (Wildman–Crippen LogP) is 8.25. The Morgan fingerprint density at radius 2 is 1.12 bits per heavy atom. The Bertz CT molecular complexity index is 686. The van der Waals surface area contributed by atoms with Crippen LogP contribution in [0.1, 0.15) is 112 Å². The second kappa shape index (κ2) is 18.7. The fourth-order valence-electron chi connectivity index (χ4n) is 4.39. The van der Waals surface area contributed by atoms with E-state index in [0.29, 0.717) is 12.3 Å². The van der Waals surface area contributed by atoms with Crippen molar-refractivity contribution in [3.05, 3.63) is 46.6 Å². The first kappa shape index (κ1) is 30.4. The fraction of sp³-hybridized carbons (Fsp3) is 0.710. The van der Waals surface area contributed by atoms with Crippen molar-refractivity contribution in [2.75, 3.05) is 32.7 Å². The van der Waals surface area contributed by atoms with Gasteiger partial charge in [-0.15, -0.1) is 0 Å². The number of carbonyl (C=O) groups is 1. The van der Waals surface area contributed by atoms with Crippen molar-refractivity contribution in [1.82, 2.24) is 9.80 Å². The molecule has 0 aliphatic carbocycles. The predicted molar refractivity (Wildman–Crippen MR) is 150 cm³/mol. The zero-order valence-corrected chi connectivity index (χ0v) is 23.4. The van der Waals surface area contributed by atoms with Crippen LogP contribution in [0.5, 0.6) is 0 Å². The minimum Gasteiger partial charge on any atom is -0.340 e. The van der Waals surface area contributed by atoms with Crippen molar-refractivity contribution in [3.63, 3.8) is 0 Å². The Balaban J connectivity index is 2.19. The van der Waals surface area contributed by atoms with E-state index in [9.17, 15) is 4.79 Å². The molecular formula is C31H54N2O. The van der Waals surface area contributed by atoms with Gasteiger partial charge >= 0.3 is 0 Å². The van der Waals surface area contributed by atoms with Crippen LogP contribution in [0.2, 0.25) is 0 Å². The molecule has 34 heavy (non-hydrogen) atoms. The van der Waals surface area contributed by atoms with Crippen LogP contribution in [0, 0.1) is 0 Å². The summed E-state index contributed by atoms with van der Waals surface area (Å²) in [6.45, 7) is 18.4. The molecule has 0 bridgehead atoms. The van der Waals surface area contributed by atoms with Crippen LogP contribution in [0.15, 0.2) is 46.6 Å². The lowest BCUT2D eigenvalue weighted by Crippen LogP contribution is -2.48. The fourth-order valence-corrected chi connectivity index (χ4v) is 4.39. The third kappa shape index (κ3) is 15.3. The lowest BCUT2D eigenvalue weighted by atomic mass is 10.0. The molecule has 1 rings (SSSR count). The lowest BCUT2D eigenvalue weighted by Gasteiger charge is -2.34. The van der Waals surface area contributed by atoms with E-state index in [1.807, 2.05) is 0 Å². The van der Waals surface area contributed by atoms with Crippen LogP contribution >= 0.6 is 0 Å². The van der Waals surface area contributed by atoms with Gasteiger partial charge in [-0.05, 0) is 92.5 Å². The van der Waals surface area contributed by atoms with Crippen LogP contribution in [-0.4, -0.2) is 48.4 Å². The average molecular weight is 471 g/mol. The van der Waals surface area contributed by atoms with Crippen molar-refractivity contribution >= 4 is 5.91 Å². The first-order valence-corrected chi connectivity index (χ1v) is 13.9. The highest BCUT2D eigenvalue weighted by molar-refractivity contribution is 5.76. The van der Waals surface area contributed by atoms with Crippen LogP contribution in [0.25, 0.3) is 0 Å². The molecule has 0 radical (unpaired) electrons. The van der Waals surface area contributed by atoms with Crippen molar-refractivity contribution in [3.8, 4) is 0 Å². The van der Waals surface area contributed by atoms with E-state index in [0.717, 1.165) is 64.7 Å². The average Bonchev–Trinajstić information content (AvgIpc) is 2.79. The molecule has 0 aromatic carbocycles. The first-order chi connectivity index (χ1) is 16.3. The monoisotopic (exact) mass is 470 g/mol. The summed E-state index contributed by atoms with van der Waals surface area (Å²) in [5.74, 6) is 0.331. The molecule has 3 nitrogen and oxygen atoms in total. The third-order valence-corrected chi connectivity index (χ3v) is 6.81. The van der Waals surface area contributed by atoms with Crippen LogP contribution in [0.3, 0.4) is 0 Å². The summed E-state index contributed by atoms with van der Waals surface area (Å²) in [5, 5.41) is 0. The number of hydrogen-bond donors (Lipinski definition) is 0. The maximum absolute atomic E-state index is 12.5. The second-order valence-electron chi connectivity index (χ2n) is 10.5. The van der Waals surface area contributed by atoms with E-state index in [2.05, 4.69) is 75.6 Å². The summed E-state index contributed by atoms with van der Waals surface area (Å²) >= 11 is 0. The molecule has 1 aliphatic heterocycles. The Kier molecular flexibility index (Phi) is 16.7. The Morgan fingerprint density at radius 1 is 0.647 bits per heavy atom. The van der Waals surface area contributed by atoms with Gasteiger partial charge < -0.3 is 4.90 Å². The van der Waals surface area contributed by atoms with Gasteiger partial charge in [-0.1, -0.05) is 66.4 Å². The van der Waals surface area contributed by atoms with E-state index < -0.39 is 0 Å². The smallest absolute Gasteiger partial charge is 0.222 e. The van der Waals surface area contributed by atoms with Gasteiger partial charge in [0, 0.05) is 32.6 Å². The van der Waals surface area contributed by atoms with Crippen molar-refractivity contribution in [1.29, 1.82) is 0 Å². The molecule has 0 aromatic heterocycles. The molecule has 0 unspecified atom stereocenters. The largest absolute Gasteiger partial charge is 0.340 e. The number of allylic oxidation sites excluding steroid dienone is 8. The van der Waals surface area contributed by atoms with E-state index in [1.54, 1.807) is 0 Å².